The maximum atomic E-state index is 6.08. The highest BCUT2D eigenvalue weighted by atomic mass is 32.1. The Bertz CT molecular complexity index is 390. The van der Waals surface area contributed by atoms with Gasteiger partial charge in [-0.15, -0.1) is 0 Å². The van der Waals surface area contributed by atoms with Crippen LogP contribution < -0.4 is 0 Å². The Morgan fingerprint density at radius 3 is 3.27 bits per heavy atom. The molecule has 0 aliphatic carbocycles. The molecule has 3 saturated heterocycles. The van der Waals surface area contributed by atoms with Crippen LogP contribution in [0.1, 0.15) is 24.8 Å². The molecule has 0 radical (unpaired) electrons. The number of hydrogen-bond donors (Lipinski definition) is 0. The summed E-state index contributed by atoms with van der Waals surface area (Å²) >= 11 is 1.79. The van der Waals surface area contributed by atoms with Gasteiger partial charge in [-0.2, -0.15) is 11.3 Å². The second kappa shape index (κ2) is 2.65. The van der Waals surface area contributed by atoms with Gasteiger partial charge in [-0.3, -0.25) is 4.90 Å². The van der Waals surface area contributed by atoms with Crippen molar-refractivity contribution in [3.8, 4) is 0 Å². The molecule has 3 heteroatoms. The van der Waals surface area contributed by atoms with E-state index in [1.807, 2.05) is 0 Å². The van der Waals surface area contributed by atoms with E-state index < -0.39 is 0 Å². The Kier molecular flexibility index (Phi) is 1.54. The average Bonchev–Trinajstić information content (AvgIpc) is 2.58. The van der Waals surface area contributed by atoms with Gasteiger partial charge in [-0.1, -0.05) is 0 Å². The van der Waals surface area contributed by atoms with Gasteiger partial charge in [0.05, 0.1) is 0 Å². The molecule has 1 aromatic heterocycles. The summed E-state index contributed by atoms with van der Waals surface area (Å²) in [6.45, 7) is 0. The van der Waals surface area contributed by atoms with Crippen molar-refractivity contribution in [3.05, 3.63) is 22.4 Å². The third-order valence-electron chi connectivity index (χ3n) is 4.53. The molecule has 0 amide bonds. The fraction of sp³-hybridized carbons (Fsp3) is 0.667. The molecule has 15 heavy (non-hydrogen) atoms. The van der Waals surface area contributed by atoms with Crippen molar-refractivity contribution >= 4 is 11.3 Å². The molecule has 3 aliphatic rings. The predicted molar refractivity (Wildman–Crippen MR) is 60.1 cm³/mol. The molecule has 0 N–H and O–H groups in total. The van der Waals surface area contributed by atoms with Crippen LogP contribution in [0.3, 0.4) is 0 Å². The van der Waals surface area contributed by atoms with Crippen molar-refractivity contribution in [3.63, 3.8) is 0 Å². The number of likely N-dealkylation sites (N-methyl/N-ethyl adjacent to an activating group) is 1. The van der Waals surface area contributed by atoms with E-state index >= 15 is 0 Å². The highest BCUT2D eigenvalue weighted by Crippen LogP contribution is 2.59. The number of rotatable bonds is 1. The first-order valence-corrected chi connectivity index (χ1v) is 6.68. The van der Waals surface area contributed by atoms with Crippen LogP contribution in [0.15, 0.2) is 16.8 Å². The van der Waals surface area contributed by atoms with Crippen molar-refractivity contribution in [2.24, 2.45) is 0 Å². The Balaban J connectivity index is 1.74. The lowest BCUT2D eigenvalue weighted by Crippen LogP contribution is -2.44. The quantitative estimate of drug-likeness (QED) is 0.676. The summed E-state index contributed by atoms with van der Waals surface area (Å²) in [6.07, 6.45) is 4.39. The van der Waals surface area contributed by atoms with Crippen molar-refractivity contribution < 1.29 is 4.74 Å². The van der Waals surface area contributed by atoms with Gasteiger partial charge in [0.1, 0.15) is 11.7 Å². The third-order valence-corrected chi connectivity index (χ3v) is 5.22. The van der Waals surface area contributed by atoms with E-state index in [2.05, 4.69) is 28.8 Å². The van der Waals surface area contributed by atoms with Gasteiger partial charge < -0.3 is 4.74 Å². The monoisotopic (exact) mass is 221 g/mol. The lowest BCUT2D eigenvalue weighted by molar-refractivity contribution is 0.177. The Labute approximate surface area is 93.8 Å². The molecule has 1 aromatic rings. The average molecular weight is 221 g/mol. The van der Waals surface area contributed by atoms with Crippen LogP contribution in [0.4, 0.5) is 0 Å². The SMILES string of the molecule is CN1C2CCC1C1O[C@@]1(c1ccsc1)C2. The van der Waals surface area contributed by atoms with Crippen molar-refractivity contribution in [2.45, 2.75) is 43.1 Å². The normalized spacial score (nSPS) is 47.9. The first-order valence-electron chi connectivity index (χ1n) is 5.74. The topological polar surface area (TPSA) is 15.8 Å². The first-order chi connectivity index (χ1) is 7.31. The van der Waals surface area contributed by atoms with E-state index in [9.17, 15) is 0 Å². The summed E-state index contributed by atoms with van der Waals surface area (Å²) in [7, 11) is 2.27. The second-order valence-electron chi connectivity index (χ2n) is 5.11. The van der Waals surface area contributed by atoms with Gasteiger partial charge in [0, 0.05) is 12.1 Å². The zero-order chi connectivity index (χ0) is 10.0. The summed E-state index contributed by atoms with van der Waals surface area (Å²) in [5, 5.41) is 4.44. The predicted octanol–water partition coefficient (Wildman–Crippen LogP) is 2.21. The largest absolute Gasteiger partial charge is 0.359 e. The summed E-state index contributed by atoms with van der Waals surface area (Å²) < 4.78 is 6.08. The summed E-state index contributed by atoms with van der Waals surface area (Å²) in [5.74, 6) is 0. The van der Waals surface area contributed by atoms with E-state index in [0.29, 0.717) is 12.1 Å². The number of nitrogens with zero attached hydrogens (tertiary/aromatic N) is 1. The van der Waals surface area contributed by atoms with Crippen LogP contribution in [0, 0.1) is 0 Å². The number of hydrogen-bond acceptors (Lipinski definition) is 3. The van der Waals surface area contributed by atoms with E-state index in [0.717, 1.165) is 6.04 Å². The van der Waals surface area contributed by atoms with Crippen molar-refractivity contribution in [1.82, 2.24) is 4.90 Å². The van der Waals surface area contributed by atoms with E-state index in [1.165, 1.54) is 24.8 Å². The molecule has 3 fully saturated rings. The fourth-order valence-corrected chi connectivity index (χ4v) is 4.33. The van der Waals surface area contributed by atoms with E-state index in [4.69, 9.17) is 4.74 Å². The molecular formula is C12H15NOS. The number of ether oxygens (including phenoxy) is 1. The molecule has 2 nitrogen and oxygen atoms in total. The molecule has 80 valence electrons. The van der Waals surface area contributed by atoms with Gasteiger partial charge in [0.2, 0.25) is 0 Å². The molecular weight excluding hydrogens is 206 g/mol. The Morgan fingerprint density at radius 1 is 1.53 bits per heavy atom. The molecule has 4 rings (SSSR count). The Morgan fingerprint density at radius 2 is 2.47 bits per heavy atom. The lowest BCUT2D eigenvalue weighted by Gasteiger charge is -2.32. The summed E-state index contributed by atoms with van der Waals surface area (Å²) in [4.78, 5) is 2.54. The summed E-state index contributed by atoms with van der Waals surface area (Å²) in [6, 6.07) is 3.69. The molecule has 0 spiro atoms. The number of thiophene rings is 1. The fourth-order valence-electron chi connectivity index (χ4n) is 3.60. The molecule has 0 aromatic carbocycles. The summed E-state index contributed by atoms with van der Waals surface area (Å²) in [5.41, 5.74) is 1.56. The van der Waals surface area contributed by atoms with Gasteiger partial charge in [0.25, 0.3) is 0 Å². The molecule has 4 atom stereocenters. The van der Waals surface area contributed by atoms with Crippen molar-refractivity contribution in [2.75, 3.05) is 7.05 Å². The minimum atomic E-state index is 0.123. The van der Waals surface area contributed by atoms with Gasteiger partial charge >= 0.3 is 0 Å². The highest BCUT2D eigenvalue weighted by Gasteiger charge is 2.67. The lowest BCUT2D eigenvalue weighted by atomic mass is 9.86. The van der Waals surface area contributed by atoms with Crippen molar-refractivity contribution in [1.29, 1.82) is 0 Å². The van der Waals surface area contributed by atoms with Gasteiger partial charge in [-0.05, 0) is 48.7 Å². The first kappa shape index (κ1) is 8.74. The molecule has 0 saturated carbocycles. The standard InChI is InChI=1S/C12H15NOS/c1-13-9-2-3-10(13)11-12(6-9,14-11)8-4-5-15-7-8/h4-5,7,9-11H,2-3,6H2,1H3/t9?,10?,11?,12-/m1/s1. The zero-order valence-electron chi connectivity index (χ0n) is 8.85. The van der Waals surface area contributed by atoms with Gasteiger partial charge in [-0.25, -0.2) is 0 Å². The van der Waals surface area contributed by atoms with E-state index in [1.54, 1.807) is 11.3 Å². The highest BCUT2D eigenvalue weighted by molar-refractivity contribution is 7.08. The molecule has 3 aliphatic heterocycles. The third kappa shape index (κ3) is 0.967. The second-order valence-corrected chi connectivity index (χ2v) is 5.89. The van der Waals surface area contributed by atoms with Crippen LogP contribution in [0.5, 0.6) is 0 Å². The van der Waals surface area contributed by atoms with Crippen LogP contribution in [0.2, 0.25) is 0 Å². The minimum Gasteiger partial charge on any atom is -0.359 e. The number of piperidine rings is 1. The molecule has 3 unspecified atom stereocenters. The van der Waals surface area contributed by atoms with Gasteiger partial charge in [0.15, 0.2) is 0 Å². The minimum absolute atomic E-state index is 0.123. The maximum absolute atomic E-state index is 6.08. The van der Waals surface area contributed by atoms with E-state index in [-0.39, 0.29) is 5.60 Å². The molecule has 4 heterocycles. The maximum Gasteiger partial charge on any atom is 0.124 e. The number of epoxide rings is 1. The molecule has 2 bridgehead atoms. The van der Waals surface area contributed by atoms with Crippen LogP contribution in [-0.4, -0.2) is 30.1 Å². The zero-order valence-corrected chi connectivity index (χ0v) is 9.67. The smallest absolute Gasteiger partial charge is 0.124 e. The Hall–Kier alpha value is -0.380. The van der Waals surface area contributed by atoms with Crippen LogP contribution in [-0.2, 0) is 10.3 Å². The van der Waals surface area contributed by atoms with Crippen LogP contribution >= 0.6 is 11.3 Å². The number of fused-ring (bicyclic) bond motifs is 4. The van der Waals surface area contributed by atoms with Crippen LogP contribution in [0.25, 0.3) is 0 Å².